The van der Waals surface area contributed by atoms with E-state index in [-0.39, 0.29) is 5.91 Å². The van der Waals surface area contributed by atoms with Crippen molar-refractivity contribution in [2.45, 2.75) is 53.8 Å². The number of thiazole rings is 1. The molecule has 0 bridgehead atoms. The Morgan fingerprint density at radius 1 is 1.04 bits per heavy atom. The largest absolute Gasteiger partial charge is 0.481 e. The molecule has 10 heteroatoms. The van der Waals surface area contributed by atoms with E-state index in [0.717, 1.165) is 54.5 Å². The zero-order chi connectivity index (χ0) is 32.3. The summed E-state index contributed by atoms with van der Waals surface area (Å²) < 4.78 is 6.26. The summed E-state index contributed by atoms with van der Waals surface area (Å²) in [4.78, 5) is 38.4. The van der Waals surface area contributed by atoms with Crippen molar-refractivity contribution >= 4 is 34.3 Å². The van der Waals surface area contributed by atoms with Gasteiger partial charge in [0.15, 0.2) is 5.58 Å². The maximum atomic E-state index is 11.8. The first kappa shape index (κ1) is 29.8. The van der Waals surface area contributed by atoms with Gasteiger partial charge in [-0.3, -0.25) is 14.5 Å². The number of fused-ring (bicyclic) bond motifs is 2. The fourth-order valence-electron chi connectivity index (χ4n) is 6.70. The fourth-order valence-corrected chi connectivity index (χ4v) is 7.87. The molecule has 46 heavy (non-hydrogen) atoms. The number of carboxylic acids is 1. The molecule has 2 aliphatic rings. The number of hydrogen-bond donors (Lipinski definition) is 1. The second-order valence-corrected chi connectivity index (χ2v) is 13.8. The van der Waals surface area contributed by atoms with E-state index in [0.29, 0.717) is 61.7 Å². The fraction of sp³-hybridized carbons (Fsp3) is 0.306. The molecule has 2 aliphatic heterocycles. The van der Waals surface area contributed by atoms with Crippen molar-refractivity contribution in [3.05, 3.63) is 81.4 Å². The molecule has 1 atom stereocenters. The molecule has 2 aromatic heterocycles. The summed E-state index contributed by atoms with van der Waals surface area (Å²) in [6.45, 7) is 10.4. The highest BCUT2D eigenvalue weighted by molar-refractivity contribution is 7.15. The topological polar surface area (TPSA) is 124 Å². The third-order valence-corrected chi connectivity index (χ3v) is 10.6. The number of aromatic nitrogens is 2. The van der Waals surface area contributed by atoms with Gasteiger partial charge >= 0.3 is 5.97 Å². The Hall–Kier alpha value is -4.85. The lowest BCUT2D eigenvalue weighted by Gasteiger charge is -2.20. The zero-order valence-corrected chi connectivity index (χ0v) is 27.0. The Kier molecular flexibility index (Phi) is 7.26. The van der Waals surface area contributed by atoms with Crippen molar-refractivity contribution < 1.29 is 19.1 Å². The maximum Gasteiger partial charge on any atom is 0.310 e. The molecule has 232 valence electrons. The van der Waals surface area contributed by atoms with Crippen LogP contribution in [0.25, 0.3) is 44.3 Å². The average Bonchev–Trinajstić information content (AvgIpc) is 3.80. The van der Waals surface area contributed by atoms with Crippen molar-refractivity contribution in [1.29, 1.82) is 5.26 Å². The van der Waals surface area contributed by atoms with Crippen LogP contribution in [0.5, 0.6) is 0 Å². The second kappa shape index (κ2) is 11.2. The number of benzene rings is 3. The Morgan fingerprint density at radius 2 is 1.74 bits per heavy atom. The van der Waals surface area contributed by atoms with Crippen LogP contribution < -0.4 is 0 Å². The van der Waals surface area contributed by atoms with Crippen LogP contribution in [0.4, 0.5) is 0 Å². The van der Waals surface area contributed by atoms with Gasteiger partial charge in [-0.2, -0.15) is 5.26 Å². The summed E-state index contributed by atoms with van der Waals surface area (Å²) in [5, 5.41) is 20.6. The van der Waals surface area contributed by atoms with Crippen LogP contribution in [0.15, 0.2) is 52.9 Å². The van der Waals surface area contributed by atoms with Gasteiger partial charge in [0.2, 0.25) is 11.8 Å². The average molecular weight is 632 g/mol. The van der Waals surface area contributed by atoms with E-state index >= 15 is 0 Å². The molecular weight excluding hydrogens is 598 g/mol. The highest BCUT2D eigenvalue weighted by atomic mass is 32.1. The van der Waals surface area contributed by atoms with Crippen LogP contribution in [0.1, 0.15) is 53.1 Å². The number of nitriles is 1. The number of hydrogen-bond acceptors (Lipinski definition) is 8. The Morgan fingerprint density at radius 3 is 2.39 bits per heavy atom. The van der Waals surface area contributed by atoms with Gasteiger partial charge in [-0.15, -0.1) is 11.3 Å². The summed E-state index contributed by atoms with van der Waals surface area (Å²) in [7, 11) is 0. The summed E-state index contributed by atoms with van der Waals surface area (Å²) >= 11 is 1.65. The van der Waals surface area contributed by atoms with Crippen LogP contribution in [-0.2, 0) is 29.2 Å². The Balaban J connectivity index is 1.21. The third kappa shape index (κ3) is 5.06. The van der Waals surface area contributed by atoms with E-state index in [1.807, 2.05) is 29.2 Å². The van der Waals surface area contributed by atoms with Crippen LogP contribution >= 0.6 is 11.3 Å². The smallest absolute Gasteiger partial charge is 0.310 e. The van der Waals surface area contributed by atoms with Gasteiger partial charge in [0.25, 0.3) is 0 Å². The van der Waals surface area contributed by atoms with Crippen molar-refractivity contribution in [2.24, 2.45) is 5.41 Å². The second-order valence-electron chi connectivity index (χ2n) is 12.7. The van der Waals surface area contributed by atoms with E-state index in [1.54, 1.807) is 25.2 Å². The summed E-state index contributed by atoms with van der Waals surface area (Å²) in [6, 6.07) is 18.4. The van der Waals surface area contributed by atoms with Crippen LogP contribution in [-0.4, -0.2) is 49.8 Å². The molecule has 0 saturated carbocycles. The molecule has 3 aromatic carbocycles. The zero-order valence-electron chi connectivity index (χ0n) is 26.2. The lowest BCUT2D eigenvalue weighted by atomic mass is 9.90. The van der Waals surface area contributed by atoms with E-state index < -0.39 is 11.4 Å². The quantitative estimate of drug-likeness (QED) is 0.214. The first-order valence-corrected chi connectivity index (χ1v) is 16.1. The van der Waals surface area contributed by atoms with Crippen LogP contribution in [0.3, 0.4) is 0 Å². The molecule has 4 heterocycles. The number of aliphatic carboxylic acids is 1. The van der Waals surface area contributed by atoms with E-state index in [1.165, 1.54) is 0 Å². The lowest BCUT2D eigenvalue weighted by Crippen LogP contribution is -2.31. The van der Waals surface area contributed by atoms with Crippen molar-refractivity contribution in [1.82, 2.24) is 19.8 Å². The number of carbonyl (C=O) groups is 2. The molecule has 7 rings (SSSR count). The third-order valence-electron chi connectivity index (χ3n) is 9.46. The van der Waals surface area contributed by atoms with Gasteiger partial charge in [-0.05, 0) is 79.8 Å². The van der Waals surface area contributed by atoms with Gasteiger partial charge in [0, 0.05) is 36.0 Å². The highest BCUT2D eigenvalue weighted by Gasteiger charge is 2.40. The van der Waals surface area contributed by atoms with Crippen molar-refractivity contribution in [3.63, 3.8) is 0 Å². The summed E-state index contributed by atoms with van der Waals surface area (Å²) in [5.41, 5.74) is 8.78. The van der Waals surface area contributed by atoms with Crippen molar-refractivity contribution in [3.8, 4) is 39.2 Å². The number of rotatable bonds is 6. The highest BCUT2D eigenvalue weighted by Crippen LogP contribution is 2.40. The van der Waals surface area contributed by atoms with Gasteiger partial charge < -0.3 is 14.4 Å². The minimum Gasteiger partial charge on any atom is -0.481 e. The van der Waals surface area contributed by atoms with Gasteiger partial charge in [0.05, 0.1) is 29.8 Å². The molecule has 9 nitrogen and oxygen atoms in total. The monoisotopic (exact) mass is 631 g/mol. The first-order valence-electron chi connectivity index (χ1n) is 15.3. The Bertz CT molecular complexity index is 2080. The molecule has 1 fully saturated rings. The maximum absolute atomic E-state index is 11.8. The van der Waals surface area contributed by atoms with Crippen LogP contribution in [0, 0.1) is 30.6 Å². The molecule has 0 radical (unpaired) electrons. The van der Waals surface area contributed by atoms with E-state index in [9.17, 15) is 20.0 Å². The minimum absolute atomic E-state index is 0.0655. The number of oxazole rings is 1. The predicted molar refractivity (Wildman–Crippen MR) is 176 cm³/mol. The molecule has 1 amide bonds. The minimum atomic E-state index is -0.780. The van der Waals surface area contributed by atoms with Gasteiger partial charge in [-0.25, -0.2) is 9.97 Å². The number of carboxylic acid groups (broad SMARTS) is 1. The van der Waals surface area contributed by atoms with E-state index in [2.05, 4.69) is 49.1 Å². The number of likely N-dealkylation sites (tertiary alicyclic amines) is 1. The van der Waals surface area contributed by atoms with Gasteiger partial charge in [0.1, 0.15) is 16.6 Å². The molecule has 5 aromatic rings. The first-order chi connectivity index (χ1) is 22.0. The van der Waals surface area contributed by atoms with Crippen molar-refractivity contribution in [2.75, 3.05) is 13.1 Å². The lowest BCUT2D eigenvalue weighted by molar-refractivity contribution is -0.147. The number of amides is 1. The van der Waals surface area contributed by atoms with Crippen LogP contribution in [0.2, 0.25) is 0 Å². The molecule has 0 aliphatic carbocycles. The number of nitrogens with zero attached hydrogens (tertiary/aromatic N) is 5. The summed E-state index contributed by atoms with van der Waals surface area (Å²) in [6.07, 6.45) is 0.591. The van der Waals surface area contributed by atoms with E-state index in [4.69, 9.17) is 14.4 Å². The molecular formula is C36H33N5O4S. The normalized spacial score (nSPS) is 17.8. The standard InChI is InChI=1S/C36H33N5O4S/c1-20-25(26-8-6-10-28(21(26)2)34-39-30-17-41(22(3)42)18-31(30)46-34)7-5-9-27(20)33-38-29-14-23(13-24(15-37)32(29)45-33)16-40-12-11-36(4,19-40)35(43)44/h5-10,13-14H,11-12,16-19H2,1-4H3,(H,43,44)/t36-/m1/s1. The Labute approximate surface area is 270 Å². The summed E-state index contributed by atoms with van der Waals surface area (Å²) in [5.74, 6) is -0.268. The molecule has 1 N–H and O–H groups in total. The predicted octanol–water partition coefficient (Wildman–Crippen LogP) is 6.93. The molecule has 0 unspecified atom stereocenters. The number of carbonyl (C=O) groups excluding carboxylic acids is 1. The SMILES string of the molecule is CC(=O)N1Cc2nc(-c3cccc(-c4cccc(-c5nc6cc(CN7CC[C@@](C)(C(=O)O)C7)cc(C#N)c6o5)c4C)c3C)sc2C1. The molecule has 1 saturated heterocycles. The molecule has 0 spiro atoms. The van der Waals surface area contributed by atoms with Gasteiger partial charge in [-0.1, -0.05) is 30.3 Å².